The topological polar surface area (TPSA) is 122 Å². The number of hydrogen-bond acceptors (Lipinski definition) is 7. The van der Waals surface area contributed by atoms with Gasteiger partial charge in [-0.1, -0.05) is 5.21 Å². The number of fused-ring (bicyclic) bond motifs is 1. The highest BCUT2D eigenvalue weighted by atomic mass is 16.6. The van der Waals surface area contributed by atoms with E-state index in [1.54, 1.807) is 25.1 Å². The van der Waals surface area contributed by atoms with Crippen molar-refractivity contribution in [3.8, 4) is 17.2 Å². The first-order valence-corrected chi connectivity index (χ1v) is 8.77. The van der Waals surface area contributed by atoms with Crippen molar-refractivity contribution in [1.29, 1.82) is 0 Å². The van der Waals surface area contributed by atoms with Crippen LogP contribution in [0.2, 0.25) is 0 Å². The summed E-state index contributed by atoms with van der Waals surface area (Å²) in [5.41, 5.74) is 0.0351. The Hall–Kier alpha value is -3.89. The van der Waals surface area contributed by atoms with Crippen LogP contribution in [0.1, 0.15) is 16.2 Å². The van der Waals surface area contributed by atoms with Gasteiger partial charge in [-0.05, 0) is 19.1 Å². The number of benzene rings is 1. The molecule has 1 aliphatic heterocycles. The Labute approximate surface area is 164 Å². The van der Waals surface area contributed by atoms with E-state index in [9.17, 15) is 14.4 Å². The van der Waals surface area contributed by atoms with Gasteiger partial charge >= 0.3 is 5.69 Å². The number of carbonyl (C=O) groups is 1. The van der Waals surface area contributed by atoms with Gasteiger partial charge < -0.3 is 19.4 Å². The molecule has 0 bridgehead atoms. The summed E-state index contributed by atoms with van der Waals surface area (Å²) in [6.07, 6.45) is 1.27. The van der Waals surface area contributed by atoms with Crippen LogP contribution in [0.25, 0.3) is 5.69 Å². The van der Waals surface area contributed by atoms with Crippen LogP contribution in [0.3, 0.4) is 0 Å². The van der Waals surface area contributed by atoms with E-state index in [1.807, 2.05) is 0 Å². The lowest BCUT2D eigenvalue weighted by Gasteiger charge is -2.18. The van der Waals surface area contributed by atoms with E-state index in [2.05, 4.69) is 15.6 Å². The summed E-state index contributed by atoms with van der Waals surface area (Å²) < 4.78 is 14.7. The molecule has 4 rings (SSSR count). The molecular weight excluding hydrogens is 380 g/mol. The molecule has 1 amide bonds. The number of amides is 1. The smallest absolute Gasteiger partial charge is 0.330 e. The number of nitrogens with zero attached hydrogens (tertiary/aromatic N) is 5. The van der Waals surface area contributed by atoms with E-state index in [0.29, 0.717) is 36.1 Å². The van der Waals surface area contributed by atoms with Gasteiger partial charge in [0.2, 0.25) is 0 Å². The molecule has 0 unspecified atom stereocenters. The Morgan fingerprint density at radius 3 is 2.62 bits per heavy atom. The van der Waals surface area contributed by atoms with Crippen molar-refractivity contribution in [2.75, 3.05) is 18.5 Å². The first-order valence-electron chi connectivity index (χ1n) is 8.77. The van der Waals surface area contributed by atoms with Gasteiger partial charge in [-0.2, -0.15) is 0 Å². The average molecular weight is 398 g/mol. The second-order valence-corrected chi connectivity index (χ2v) is 6.52. The summed E-state index contributed by atoms with van der Waals surface area (Å²) >= 11 is 0. The van der Waals surface area contributed by atoms with Crippen molar-refractivity contribution in [3.05, 3.63) is 56.6 Å². The molecule has 3 aromatic rings. The molecule has 0 spiro atoms. The fourth-order valence-corrected chi connectivity index (χ4v) is 3.02. The van der Waals surface area contributed by atoms with E-state index in [4.69, 9.17) is 9.47 Å². The van der Waals surface area contributed by atoms with Gasteiger partial charge in [-0.15, -0.1) is 5.10 Å². The third-order valence-corrected chi connectivity index (χ3v) is 4.57. The highest BCUT2D eigenvalue weighted by Crippen LogP contribution is 2.32. The highest BCUT2D eigenvalue weighted by molar-refractivity contribution is 6.03. The van der Waals surface area contributed by atoms with Crippen molar-refractivity contribution in [1.82, 2.24) is 24.1 Å². The second kappa shape index (κ2) is 6.93. The Balaban J connectivity index is 1.65. The maximum atomic E-state index is 12.7. The number of hydrogen-bond donors (Lipinski definition) is 1. The standard InChI is InChI=1S/C18H18N6O5/c1-10-15(16(25)19-12-9-22(2)18(27)23(3)17(12)26)20-21-24(10)11-4-5-13-14(8-11)29-7-6-28-13/h4-5,8-9H,6-7H2,1-3H3,(H,19,25). The van der Waals surface area contributed by atoms with Gasteiger partial charge in [-0.25, -0.2) is 9.48 Å². The van der Waals surface area contributed by atoms with Crippen LogP contribution in [-0.4, -0.2) is 43.2 Å². The number of ether oxygens (including phenoxy) is 2. The lowest BCUT2D eigenvalue weighted by atomic mass is 10.2. The van der Waals surface area contributed by atoms with Crippen LogP contribution < -0.4 is 26.0 Å². The quantitative estimate of drug-likeness (QED) is 0.659. The number of carbonyl (C=O) groups excluding carboxylic acids is 1. The Kier molecular flexibility index (Phi) is 4.41. The number of aromatic nitrogens is 5. The zero-order valence-electron chi connectivity index (χ0n) is 16.0. The van der Waals surface area contributed by atoms with E-state index >= 15 is 0 Å². The number of aryl methyl sites for hydroxylation is 1. The van der Waals surface area contributed by atoms with E-state index in [1.165, 1.54) is 29.5 Å². The van der Waals surface area contributed by atoms with Gasteiger partial charge in [0.1, 0.15) is 18.9 Å². The van der Waals surface area contributed by atoms with Crippen LogP contribution in [0.15, 0.2) is 34.0 Å². The molecule has 0 aliphatic carbocycles. The Morgan fingerprint density at radius 2 is 1.86 bits per heavy atom. The normalized spacial score (nSPS) is 12.7. The molecule has 11 nitrogen and oxygen atoms in total. The Morgan fingerprint density at radius 1 is 1.14 bits per heavy atom. The predicted octanol–water partition coefficient (Wildman–Crippen LogP) is -0.00338. The number of nitrogens with one attached hydrogen (secondary N) is 1. The molecule has 29 heavy (non-hydrogen) atoms. The minimum Gasteiger partial charge on any atom is -0.486 e. The zero-order chi connectivity index (χ0) is 20.7. The largest absolute Gasteiger partial charge is 0.486 e. The van der Waals surface area contributed by atoms with Crippen molar-refractivity contribution in [3.63, 3.8) is 0 Å². The van der Waals surface area contributed by atoms with Crippen molar-refractivity contribution < 1.29 is 14.3 Å². The predicted molar refractivity (Wildman–Crippen MR) is 102 cm³/mol. The van der Waals surface area contributed by atoms with E-state index in [0.717, 1.165) is 4.57 Å². The van der Waals surface area contributed by atoms with Crippen LogP contribution in [0, 0.1) is 6.92 Å². The maximum Gasteiger partial charge on any atom is 0.330 e. The van der Waals surface area contributed by atoms with Crippen LogP contribution in [-0.2, 0) is 14.1 Å². The molecule has 0 radical (unpaired) electrons. The summed E-state index contributed by atoms with van der Waals surface area (Å²) in [7, 11) is 2.82. The molecule has 1 N–H and O–H groups in total. The summed E-state index contributed by atoms with van der Waals surface area (Å²) in [6, 6.07) is 5.29. The molecule has 1 aliphatic rings. The second-order valence-electron chi connectivity index (χ2n) is 6.52. The zero-order valence-corrected chi connectivity index (χ0v) is 16.0. The van der Waals surface area contributed by atoms with Crippen LogP contribution in [0.5, 0.6) is 11.5 Å². The minimum absolute atomic E-state index is 0.0344. The molecule has 0 saturated carbocycles. The molecule has 0 saturated heterocycles. The van der Waals surface area contributed by atoms with Gasteiger partial charge in [0, 0.05) is 26.4 Å². The molecule has 150 valence electrons. The van der Waals surface area contributed by atoms with Crippen molar-refractivity contribution >= 4 is 11.6 Å². The van der Waals surface area contributed by atoms with E-state index < -0.39 is 17.2 Å². The summed E-state index contributed by atoms with van der Waals surface area (Å²) in [5, 5.41) is 10.5. The van der Waals surface area contributed by atoms with Crippen LogP contribution in [0.4, 0.5) is 5.69 Å². The first-order chi connectivity index (χ1) is 13.9. The van der Waals surface area contributed by atoms with Crippen molar-refractivity contribution in [2.24, 2.45) is 14.1 Å². The van der Waals surface area contributed by atoms with Gasteiger partial charge in [0.25, 0.3) is 11.5 Å². The third-order valence-electron chi connectivity index (χ3n) is 4.57. The minimum atomic E-state index is -0.613. The molecule has 2 aromatic heterocycles. The number of rotatable bonds is 3. The van der Waals surface area contributed by atoms with Crippen molar-refractivity contribution in [2.45, 2.75) is 6.92 Å². The van der Waals surface area contributed by atoms with Gasteiger partial charge in [-0.3, -0.25) is 14.2 Å². The fraction of sp³-hybridized carbons (Fsp3) is 0.278. The Bertz CT molecular complexity index is 1240. The van der Waals surface area contributed by atoms with Gasteiger partial charge in [0.05, 0.1) is 11.4 Å². The molecule has 11 heteroatoms. The summed E-state index contributed by atoms with van der Waals surface area (Å²) in [6.45, 7) is 2.63. The summed E-state index contributed by atoms with van der Waals surface area (Å²) in [5.74, 6) is 0.617. The monoisotopic (exact) mass is 398 g/mol. The fourth-order valence-electron chi connectivity index (χ4n) is 3.02. The molecule has 1 aromatic carbocycles. The van der Waals surface area contributed by atoms with Crippen LogP contribution >= 0.6 is 0 Å². The lowest BCUT2D eigenvalue weighted by Crippen LogP contribution is -2.38. The third kappa shape index (κ3) is 3.16. The summed E-state index contributed by atoms with van der Waals surface area (Å²) in [4.78, 5) is 36.7. The van der Waals surface area contributed by atoms with Gasteiger partial charge in [0.15, 0.2) is 17.2 Å². The van der Waals surface area contributed by atoms with E-state index in [-0.39, 0.29) is 11.4 Å². The molecular formula is C18H18N6O5. The lowest BCUT2D eigenvalue weighted by molar-refractivity contribution is 0.102. The average Bonchev–Trinajstić information content (AvgIpc) is 3.11. The molecule has 0 atom stereocenters. The molecule has 3 heterocycles. The maximum absolute atomic E-state index is 12.7. The highest BCUT2D eigenvalue weighted by Gasteiger charge is 2.21. The SMILES string of the molecule is Cc1c(C(=O)Nc2cn(C)c(=O)n(C)c2=O)nnn1-c1ccc2c(c1)OCCO2. The first kappa shape index (κ1) is 18.5. The molecule has 0 fully saturated rings. The number of anilines is 1.